The maximum absolute atomic E-state index is 12.5. The van der Waals surface area contributed by atoms with Gasteiger partial charge in [-0.2, -0.15) is 13.2 Å². The number of benzene rings is 1. The van der Waals surface area contributed by atoms with Crippen molar-refractivity contribution in [3.8, 4) is 0 Å². The maximum Gasteiger partial charge on any atom is 0.416 e. The zero-order chi connectivity index (χ0) is 11.6. The third-order valence-corrected chi connectivity index (χ3v) is 2.40. The quantitative estimate of drug-likeness (QED) is 0.718. The number of hydrogen-bond donors (Lipinski definition) is 0. The fourth-order valence-corrected chi connectivity index (χ4v) is 1.37. The zero-order valence-corrected chi connectivity index (χ0v) is 8.56. The van der Waals surface area contributed by atoms with E-state index in [1.807, 2.05) is 0 Å². The summed E-state index contributed by atoms with van der Waals surface area (Å²) in [6, 6.07) is 4.91. The molecule has 1 atom stereocenters. The topological polar surface area (TPSA) is 17.1 Å². The lowest BCUT2D eigenvalue weighted by molar-refractivity contribution is -0.138. The van der Waals surface area contributed by atoms with Crippen LogP contribution >= 0.6 is 11.6 Å². The molecule has 0 bridgehead atoms. The Morgan fingerprint density at radius 1 is 1.33 bits per heavy atom. The minimum atomic E-state index is -4.46. The Labute approximate surface area is 89.9 Å². The lowest BCUT2D eigenvalue weighted by atomic mass is 9.96. The van der Waals surface area contributed by atoms with Crippen LogP contribution in [0.5, 0.6) is 0 Å². The minimum absolute atomic E-state index is 0.0926. The minimum Gasteiger partial charge on any atom is -0.281 e. The number of halogens is 4. The molecule has 0 heterocycles. The van der Waals surface area contributed by atoms with Crippen LogP contribution in [-0.4, -0.2) is 5.24 Å². The molecule has 0 amide bonds. The number of alkyl halides is 3. The second-order valence-corrected chi connectivity index (χ2v) is 3.48. The molecule has 0 fully saturated rings. The second-order valence-electron chi connectivity index (χ2n) is 3.11. The predicted molar refractivity (Wildman–Crippen MR) is 50.7 cm³/mol. The molecular formula is C10H8ClF3O. The van der Waals surface area contributed by atoms with Crippen molar-refractivity contribution < 1.29 is 18.0 Å². The Hall–Kier alpha value is -1.03. The molecule has 0 aliphatic carbocycles. The molecule has 1 rings (SSSR count). The van der Waals surface area contributed by atoms with Crippen molar-refractivity contribution in [3.05, 3.63) is 35.4 Å². The smallest absolute Gasteiger partial charge is 0.281 e. The van der Waals surface area contributed by atoms with Crippen molar-refractivity contribution >= 4 is 16.8 Å². The average molecular weight is 237 g/mol. The molecule has 1 nitrogen and oxygen atoms in total. The fraction of sp³-hybridized carbons (Fsp3) is 0.300. The molecule has 5 heteroatoms. The first kappa shape index (κ1) is 12.0. The molecule has 82 valence electrons. The van der Waals surface area contributed by atoms with Crippen molar-refractivity contribution in [1.29, 1.82) is 0 Å². The van der Waals surface area contributed by atoms with Crippen LogP contribution < -0.4 is 0 Å². The van der Waals surface area contributed by atoms with Crippen LogP contribution in [0.2, 0.25) is 0 Å². The summed E-state index contributed by atoms with van der Waals surface area (Å²) in [6.07, 6.45) is -4.46. The lowest BCUT2D eigenvalue weighted by Gasteiger charge is -2.15. The Morgan fingerprint density at radius 2 is 1.87 bits per heavy atom. The van der Waals surface area contributed by atoms with E-state index in [-0.39, 0.29) is 5.56 Å². The van der Waals surface area contributed by atoms with E-state index in [1.54, 1.807) is 0 Å². The first-order valence-electron chi connectivity index (χ1n) is 4.19. The van der Waals surface area contributed by atoms with Gasteiger partial charge in [-0.15, -0.1) is 0 Å². The summed E-state index contributed by atoms with van der Waals surface area (Å²) in [7, 11) is 0. The van der Waals surface area contributed by atoms with E-state index >= 15 is 0 Å². The zero-order valence-electron chi connectivity index (χ0n) is 7.81. The molecule has 0 N–H and O–H groups in total. The average Bonchev–Trinajstić information content (AvgIpc) is 2.15. The van der Waals surface area contributed by atoms with Gasteiger partial charge in [-0.25, -0.2) is 0 Å². The summed E-state index contributed by atoms with van der Waals surface area (Å²) in [5.74, 6) is -0.954. The van der Waals surface area contributed by atoms with Crippen LogP contribution in [0, 0.1) is 0 Å². The number of carbonyl (C=O) groups is 1. The van der Waals surface area contributed by atoms with Gasteiger partial charge in [-0.3, -0.25) is 4.79 Å². The fourth-order valence-electron chi connectivity index (χ4n) is 1.26. The molecule has 1 unspecified atom stereocenters. The Bertz CT molecular complexity index is 373. The van der Waals surface area contributed by atoms with Gasteiger partial charge in [0.25, 0.3) is 0 Å². The Kier molecular flexibility index (Phi) is 3.39. The summed E-state index contributed by atoms with van der Waals surface area (Å²) < 4.78 is 37.6. The van der Waals surface area contributed by atoms with Crippen LogP contribution in [0.15, 0.2) is 24.3 Å². The summed E-state index contributed by atoms with van der Waals surface area (Å²) in [5.41, 5.74) is -0.906. The van der Waals surface area contributed by atoms with Crippen molar-refractivity contribution in [2.24, 2.45) is 0 Å². The van der Waals surface area contributed by atoms with Crippen LogP contribution in [0.25, 0.3) is 0 Å². The van der Waals surface area contributed by atoms with Gasteiger partial charge in [0.05, 0.1) is 11.5 Å². The Morgan fingerprint density at radius 3 is 2.33 bits per heavy atom. The Balaban J connectivity index is 3.24. The van der Waals surface area contributed by atoms with E-state index in [9.17, 15) is 18.0 Å². The number of rotatable bonds is 2. The van der Waals surface area contributed by atoms with Gasteiger partial charge in [-0.05, 0) is 23.2 Å². The number of hydrogen-bond acceptors (Lipinski definition) is 1. The standard InChI is InChI=1S/C10H8ClF3O/c1-6(9(11)15)7-4-2-3-5-8(7)10(12,13)14/h2-6H,1H3. The molecular weight excluding hydrogens is 229 g/mol. The van der Waals surface area contributed by atoms with Crippen molar-refractivity contribution in [3.63, 3.8) is 0 Å². The van der Waals surface area contributed by atoms with Crippen LogP contribution in [0.3, 0.4) is 0 Å². The van der Waals surface area contributed by atoms with Crippen LogP contribution in [-0.2, 0) is 11.0 Å². The third kappa shape index (κ3) is 2.72. The molecule has 1 aromatic carbocycles. The normalized spacial score (nSPS) is 13.7. The highest BCUT2D eigenvalue weighted by Crippen LogP contribution is 2.35. The van der Waals surface area contributed by atoms with Crippen molar-refractivity contribution in [1.82, 2.24) is 0 Å². The van der Waals surface area contributed by atoms with E-state index in [1.165, 1.54) is 25.1 Å². The van der Waals surface area contributed by atoms with Gasteiger partial charge >= 0.3 is 6.18 Å². The highest BCUT2D eigenvalue weighted by molar-refractivity contribution is 6.64. The van der Waals surface area contributed by atoms with E-state index in [4.69, 9.17) is 11.6 Å². The van der Waals surface area contributed by atoms with Gasteiger partial charge in [0.1, 0.15) is 0 Å². The molecule has 1 aromatic rings. The van der Waals surface area contributed by atoms with Gasteiger partial charge in [-0.1, -0.05) is 25.1 Å². The van der Waals surface area contributed by atoms with E-state index in [0.717, 1.165) is 6.07 Å². The molecule has 0 spiro atoms. The summed E-state index contributed by atoms with van der Waals surface area (Å²) >= 11 is 5.18. The summed E-state index contributed by atoms with van der Waals surface area (Å²) in [6.45, 7) is 1.35. The number of carbonyl (C=O) groups excluding carboxylic acids is 1. The van der Waals surface area contributed by atoms with Gasteiger partial charge in [0.15, 0.2) is 0 Å². The van der Waals surface area contributed by atoms with Crippen molar-refractivity contribution in [2.45, 2.75) is 19.0 Å². The van der Waals surface area contributed by atoms with E-state index in [2.05, 4.69) is 0 Å². The predicted octanol–water partition coefficient (Wildman–Crippen LogP) is 3.57. The first-order chi connectivity index (χ1) is 6.84. The van der Waals surface area contributed by atoms with Crippen LogP contribution in [0.4, 0.5) is 13.2 Å². The maximum atomic E-state index is 12.5. The largest absolute Gasteiger partial charge is 0.416 e. The molecule has 0 saturated heterocycles. The third-order valence-electron chi connectivity index (χ3n) is 2.07. The molecule has 0 radical (unpaired) electrons. The first-order valence-corrected chi connectivity index (χ1v) is 4.57. The van der Waals surface area contributed by atoms with Crippen LogP contribution in [0.1, 0.15) is 24.0 Å². The summed E-state index contributed by atoms with van der Waals surface area (Å²) in [5, 5.41) is -0.799. The monoisotopic (exact) mass is 236 g/mol. The van der Waals surface area contributed by atoms with Gasteiger partial charge < -0.3 is 0 Å². The molecule has 0 saturated carbocycles. The molecule has 0 aliphatic rings. The highest BCUT2D eigenvalue weighted by atomic mass is 35.5. The molecule has 15 heavy (non-hydrogen) atoms. The molecule has 0 aliphatic heterocycles. The SMILES string of the molecule is CC(C(=O)Cl)c1ccccc1C(F)(F)F. The van der Waals surface area contributed by atoms with Crippen molar-refractivity contribution in [2.75, 3.05) is 0 Å². The summed E-state index contributed by atoms with van der Waals surface area (Å²) in [4.78, 5) is 10.8. The van der Waals surface area contributed by atoms with E-state index in [0.29, 0.717) is 0 Å². The van der Waals surface area contributed by atoms with Gasteiger partial charge in [0.2, 0.25) is 5.24 Å². The van der Waals surface area contributed by atoms with E-state index < -0.39 is 22.9 Å². The highest BCUT2D eigenvalue weighted by Gasteiger charge is 2.35. The second kappa shape index (κ2) is 4.23. The van der Waals surface area contributed by atoms with Gasteiger partial charge in [0, 0.05) is 0 Å². The lowest BCUT2D eigenvalue weighted by Crippen LogP contribution is -2.13. The molecule has 0 aromatic heterocycles.